The number of nitrogens with two attached hydrogens (primary N) is 1. The molecule has 0 fully saturated rings. The van der Waals surface area contributed by atoms with Crippen LogP contribution >= 0.6 is 0 Å². The molecule has 0 saturated carbocycles. The number of pyridine rings is 2. The van der Waals surface area contributed by atoms with Gasteiger partial charge in [0.15, 0.2) is 5.78 Å². The number of benzene rings is 1. The number of Topliss-reactive ketones (excluding diaryl/α,β-unsaturated/α-hetero) is 1. The van der Waals surface area contributed by atoms with Crippen molar-refractivity contribution in [1.29, 1.82) is 0 Å². The predicted octanol–water partition coefficient (Wildman–Crippen LogP) is 8.40. The lowest BCUT2D eigenvalue weighted by Crippen LogP contribution is -2.34. The molecule has 0 unspecified atom stereocenters. The third-order valence-corrected chi connectivity index (χ3v) is 8.41. The first-order chi connectivity index (χ1) is 21.9. The van der Waals surface area contributed by atoms with E-state index in [9.17, 15) is 31.1 Å². The van der Waals surface area contributed by atoms with Crippen molar-refractivity contribution in [2.45, 2.75) is 82.6 Å². The van der Waals surface area contributed by atoms with Gasteiger partial charge in [-0.05, 0) is 48.1 Å². The molecule has 4 aromatic rings. The maximum Gasteiger partial charge on any atom is 0.289 e. The van der Waals surface area contributed by atoms with E-state index in [-0.39, 0.29) is 40.8 Å². The molecular weight excluding hydrogens is 634 g/mol. The molecule has 0 amide bonds. The lowest BCUT2D eigenvalue weighted by molar-refractivity contribution is -0.120. The first-order valence-corrected chi connectivity index (χ1v) is 14.7. The minimum atomic E-state index is -3.53. The van der Waals surface area contributed by atoms with Gasteiger partial charge in [0.1, 0.15) is 35.4 Å². The third-order valence-electron chi connectivity index (χ3n) is 8.41. The Hall–Kier alpha value is -4.36. The Kier molecular flexibility index (Phi) is 8.93. The summed E-state index contributed by atoms with van der Waals surface area (Å²) in [5, 5.41) is 3.78. The number of alkyl halides is 6. The van der Waals surface area contributed by atoms with Gasteiger partial charge >= 0.3 is 0 Å². The topological polar surface area (TPSA) is 86.7 Å². The molecule has 2 N–H and O–H groups in total. The number of halogens is 8. The minimum absolute atomic E-state index is 0.0766. The molecule has 1 aromatic carbocycles. The van der Waals surface area contributed by atoms with Crippen molar-refractivity contribution in [1.82, 2.24) is 19.7 Å². The fourth-order valence-electron chi connectivity index (χ4n) is 6.25. The number of anilines is 1. The van der Waals surface area contributed by atoms with E-state index in [1.807, 2.05) is 0 Å². The Morgan fingerprint density at radius 1 is 1.04 bits per heavy atom. The van der Waals surface area contributed by atoms with Gasteiger partial charge < -0.3 is 5.73 Å². The SMILES string of the molecule is CC(F)(F)c1cc(-c2cccnc2[C@@H](CC(=O)Cn2nc(C(F)F)c3c2C(F)(F)CCC3(C)C)Cc2cc(F)cc(F)c2)cnc1N. The van der Waals surface area contributed by atoms with Crippen molar-refractivity contribution in [3.05, 3.63) is 94.2 Å². The molecule has 1 aliphatic carbocycles. The average molecular weight is 666 g/mol. The standard InChI is InChI=1S/C33H31F8N5O/c1-31(2)6-7-33(40,41)28-25(31)27(29(36)37)45-46(28)16-22(47)12-18(9-17-10-20(34)14-21(35)11-17)26-23(5-4-8-43-26)19-13-24(32(3,38)39)30(42)44-15-19/h4-5,8,10-11,13-15,18,29H,6-7,9,12,16H2,1-3H3,(H2,42,44)/t18-/m1/s1. The van der Waals surface area contributed by atoms with Crippen LogP contribution < -0.4 is 5.73 Å². The Morgan fingerprint density at radius 2 is 1.72 bits per heavy atom. The summed E-state index contributed by atoms with van der Waals surface area (Å²) in [5.41, 5.74) is 2.90. The molecule has 3 aromatic heterocycles. The summed E-state index contributed by atoms with van der Waals surface area (Å²) in [6.45, 7) is 2.96. The van der Waals surface area contributed by atoms with E-state index in [0.717, 1.165) is 18.2 Å². The van der Waals surface area contributed by atoms with Gasteiger partial charge in [0, 0.05) is 60.8 Å². The highest BCUT2D eigenvalue weighted by Gasteiger charge is 2.50. The molecule has 3 heterocycles. The average Bonchev–Trinajstić information content (AvgIpc) is 3.36. The van der Waals surface area contributed by atoms with E-state index < -0.39 is 89.2 Å². The number of ketones is 1. The van der Waals surface area contributed by atoms with Crippen molar-refractivity contribution in [2.75, 3.05) is 5.73 Å². The number of hydrogen-bond donors (Lipinski definition) is 1. The van der Waals surface area contributed by atoms with E-state index in [1.54, 1.807) is 13.8 Å². The van der Waals surface area contributed by atoms with Gasteiger partial charge in [-0.2, -0.15) is 13.9 Å². The molecule has 0 spiro atoms. The van der Waals surface area contributed by atoms with Crippen molar-refractivity contribution < 1.29 is 39.9 Å². The van der Waals surface area contributed by atoms with Crippen LogP contribution in [-0.2, 0) is 35.0 Å². The number of carbonyl (C=O) groups is 1. The lowest BCUT2D eigenvalue weighted by Gasteiger charge is -2.35. The molecule has 0 bridgehead atoms. The Labute approximate surface area is 265 Å². The van der Waals surface area contributed by atoms with Gasteiger partial charge in [-0.3, -0.25) is 14.5 Å². The summed E-state index contributed by atoms with van der Waals surface area (Å²) in [5.74, 6) is -10.8. The highest BCUT2D eigenvalue weighted by molar-refractivity contribution is 5.80. The van der Waals surface area contributed by atoms with Crippen molar-refractivity contribution >= 4 is 11.6 Å². The van der Waals surface area contributed by atoms with Gasteiger partial charge in [-0.1, -0.05) is 19.9 Å². The second kappa shape index (κ2) is 12.3. The van der Waals surface area contributed by atoms with Crippen LogP contribution in [0.4, 0.5) is 40.9 Å². The fourth-order valence-corrected chi connectivity index (χ4v) is 6.25. The molecule has 0 radical (unpaired) electrons. The molecule has 1 aliphatic rings. The predicted molar refractivity (Wildman–Crippen MR) is 157 cm³/mol. The zero-order valence-corrected chi connectivity index (χ0v) is 25.6. The molecule has 250 valence electrons. The fraction of sp³-hybridized carbons (Fsp3) is 0.394. The lowest BCUT2D eigenvalue weighted by atomic mass is 9.73. The zero-order valence-electron chi connectivity index (χ0n) is 25.6. The Bertz CT molecular complexity index is 1790. The normalized spacial score (nSPS) is 16.3. The zero-order chi connectivity index (χ0) is 34.5. The molecule has 5 rings (SSSR count). The first kappa shape index (κ1) is 34.0. The highest BCUT2D eigenvalue weighted by atomic mass is 19.3. The quantitative estimate of drug-likeness (QED) is 0.172. The monoisotopic (exact) mass is 665 g/mol. The van der Waals surface area contributed by atoms with Crippen LogP contribution in [0.15, 0.2) is 48.8 Å². The Balaban J connectivity index is 1.57. The smallest absolute Gasteiger partial charge is 0.289 e. The van der Waals surface area contributed by atoms with Gasteiger partial charge in [0.05, 0.1) is 11.3 Å². The third kappa shape index (κ3) is 7.01. The summed E-state index contributed by atoms with van der Waals surface area (Å²) in [6, 6.07) is 6.90. The number of carbonyl (C=O) groups excluding carboxylic acids is 1. The van der Waals surface area contributed by atoms with Crippen LogP contribution in [0.25, 0.3) is 11.1 Å². The first-order valence-electron chi connectivity index (χ1n) is 14.7. The van der Waals surface area contributed by atoms with Crippen molar-refractivity contribution in [2.24, 2.45) is 0 Å². The molecule has 1 atom stereocenters. The number of aromatic nitrogens is 4. The molecule has 0 aliphatic heterocycles. The summed E-state index contributed by atoms with van der Waals surface area (Å²) in [6.07, 6.45) is -1.93. The van der Waals surface area contributed by atoms with Crippen molar-refractivity contribution in [3.8, 4) is 11.1 Å². The van der Waals surface area contributed by atoms with Gasteiger partial charge in [-0.15, -0.1) is 0 Å². The highest BCUT2D eigenvalue weighted by Crippen LogP contribution is 2.50. The van der Waals surface area contributed by atoms with Gasteiger partial charge in [0.2, 0.25) is 0 Å². The van der Waals surface area contributed by atoms with Crippen molar-refractivity contribution in [3.63, 3.8) is 0 Å². The number of fused-ring (bicyclic) bond motifs is 1. The molecule has 0 saturated heterocycles. The number of nitrogens with zero attached hydrogens (tertiary/aromatic N) is 4. The Morgan fingerprint density at radius 3 is 2.36 bits per heavy atom. The number of nitrogen functional groups attached to an aromatic ring is 1. The summed E-state index contributed by atoms with van der Waals surface area (Å²) in [4.78, 5) is 21.9. The minimum Gasteiger partial charge on any atom is -0.383 e. The van der Waals surface area contributed by atoms with E-state index in [0.29, 0.717) is 17.7 Å². The maximum atomic E-state index is 15.2. The van der Waals surface area contributed by atoms with Crippen LogP contribution in [0, 0.1) is 11.6 Å². The number of rotatable bonds is 10. The van der Waals surface area contributed by atoms with Crippen LogP contribution in [0.5, 0.6) is 0 Å². The van der Waals surface area contributed by atoms with Gasteiger partial charge in [-0.25, -0.2) is 31.3 Å². The number of hydrogen-bond acceptors (Lipinski definition) is 5. The van der Waals surface area contributed by atoms with Crippen LogP contribution in [0.2, 0.25) is 0 Å². The summed E-state index contributed by atoms with van der Waals surface area (Å²) in [7, 11) is 0. The summed E-state index contributed by atoms with van der Waals surface area (Å²) < 4.78 is 116. The molecular formula is C33H31F8N5O. The molecule has 47 heavy (non-hydrogen) atoms. The van der Waals surface area contributed by atoms with Gasteiger partial charge in [0.25, 0.3) is 18.3 Å². The van der Waals surface area contributed by atoms with E-state index in [2.05, 4.69) is 15.1 Å². The molecule has 6 nitrogen and oxygen atoms in total. The van der Waals surface area contributed by atoms with E-state index >= 15 is 8.78 Å². The van der Waals surface area contributed by atoms with Crippen LogP contribution in [0.3, 0.4) is 0 Å². The van der Waals surface area contributed by atoms with Crippen LogP contribution in [-0.4, -0.2) is 25.5 Å². The van der Waals surface area contributed by atoms with E-state index in [4.69, 9.17) is 5.73 Å². The maximum absolute atomic E-state index is 15.2. The second-order valence-electron chi connectivity index (χ2n) is 12.6. The largest absolute Gasteiger partial charge is 0.383 e. The second-order valence-corrected chi connectivity index (χ2v) is 12.6. The van der Waals surface area contributed by atoms with E-state index in [1.165, 1.54) is 24.5 Å². The van der Waals surface area contributed by atoms with Crippen LogP contribution in [0.1, 0.15) is 86.1 Å². The molecule has 14 heteroatoms. The summed E-state index contributed by atoms with van der Waals surface area (Å²) >= 11 is 0.